The fourth-order valence-corrected chi connectivity index (χ4v) is 3.05. The number of rotatable bonds is 6. The summed E-state index contributed by atoms with van der Waals surface area (Å²) in [5, 5.41) is 4.06. The van der Waals surface area contributed by atoms with Crippen molar-refractivity contribution in [1.29, 1.82) is 0 Å². The van der Waals surface area contributed by atoms with Gasteiger partial charge in [-0.25, -0.2) is 9.78 Å². The number of ether oxygens (including phenoxy) is 1. The number of nitrogens with zero attached hydrogens (tertiary/aromatic N) is 5. The van der Waals surface area contributed by atoms with E-state index in [9.17, 15) is 4.79 Å². The molecule has 0 spiro atoms. The number of aromatic nitrogens is 3. The molecule has 0 N–H and O–H groups in total. The van der Waals surface area contributed by atoms with Gasteiger partial charge in [0.1, 0.15) is 5.82 Å². The van der Waals surface area contributed by atoms with Crippen molar-refractivity contribution >= 4 is 11.8 Å². The molecule has 3 rings (SSSR count). The van der Waals surface area contributed by atoms with Crippen molar-refractivity contribution in [2.75, 3.05) is 37.7 Å². The Morgan fingerprint density at radius 3 is 2.52 bits per heavy atom. The fraction of sp³-hybridized carbons (Fsp3) is 0.579. The number of hydrogen-bond donors (Lipinski definition) is 0. The van der Waals surface area contributed by atoms with Gasteiger partial charge >= 0.3 is 5.97 Å². The lowest BCUT2D eigenvalue weighted by Gasteiger charge is -2.37. The van der Waals surface area contributed by atoms with Gasteiger partial charge in [0.05, 0.1) is 18.2 Å². The van der Waals surface area contributed by atoms with E-state index < -0.39 is 0 Å². The maximum atomic E-state index is 11.7. The summed E-state index contributed by atoms with van der Waals surface area (Å²) in [6, 6.07) is 3.73. The Balaban J connectivity index is 1.57. The van der Waals surface area contributed by atoms with Crippen LogP contribution < -0.4 is 4.90 Å². The highest BCUT2D eigenvalue weighted by molar-refractivity contribution is 5.89. The Labute approximate surface area is 159 Å². The Morgan fingerprint density at radius 2 is 1.96 bits per heavy atom. The Hall–Kier alpha value is -2.48. The van der Waals surface area contributed by atoms with Crippen LogP contribution in [0.25, 0.3) is 0 Å². The average Bonchev–Trinajstić information content (AvgIpc) is 3.18. The standard InChI is InChI=1S/C19H27N5O3/c1-5-26-19(25)15-6-7-16(20-12-15)24-10-8-23(9-11-24)14(4)18-21-17(13(2)3)22-27-18/h6-7,12-14H,5,8-11H2,1-4H3/t14-/m1/s1. The van der Waals surface area contributed by atoms with Crippen LogP contribution in [0.15, 0.2) is 22.9 Å². The van der Waals surface area contributed by atoms with E-state index >= 15 is 0 Å². The molecule has 1 saturated heterocycles. The molecule has 2 aromatic rings. The van der Waals surface area contributed by atoms with E-state index in [-0.39, 0.29) is 17.9 Å². The van der Waals surface area contributed by atoms with Gasteiger partial charge in [0.15, 0.2) is 5.82 Å². The zero-order valence-electron chi connectivity index (χ0n) is 16.4. The van der Waals surface area contributed by atoms with Crippen molar-refractivity contribution < 1.29 is 14.1 Å². The van der Waals surface area contributed by atoms with Crippen molar-refractivity contribution in [1.82, 2.24) is 20.0 Å². The van der Waals surface area contributed by atoms with Gasteiger partial charge in [-0.15, -0.1) is 0 Å². The molecule has 1 atom stereocenters. The van der Waals surface area contributed by atoms with E-state index in [1.165, 1.54) is 0 Å². The smallest absolute Gasteiger partial charge is 0.339 e. The van der Waals surface area contributed by atoms with Crippen LogP contribution in [0.3, 0.4) is 0 Å². The quantitative estimate of drug-likeness (QED) is 0.715. The molecule has 0 aromatic carbocycles. The van der Waals surface area contributed by atoms with Crippen LogP contribution in [0.4, 0.5) is 5.82 Å². The highest BCUT2D eigenvalue weighted by Gasteiger charge is 2.26. The first-order valence-corrected chi connectivity index (χ1v) is 9.45. The zero-order chi connectivity index (χ0) is 19.4. The normalized spacial score (nSPS) is 16.6. The summed E-state index contributed by atoms with van der Waals surface area (Å²) in [5.74, 6) is 2.21. The Bertz CT molecular complexity index is 751. The second-order valence-corrected chi connectivity index (χ2v) is 6.97. The summed E-state index contributed by atoms with van der Waals surface area (Å²) in [6.45, 7) is 11.8. The van der Waals surface area contributed by atoms with Crippen LogP contribution in [0.2, 0.25) is 0 Å². The second kappa shape index (κ2) is 8.47. The molecule has 1 aliphatic heterocycles. The van der Waals surface area contributed by atoms with Gasteiger partial charge in [-0.05, 0) is 26.0 Å². The van der Waals surface area contributed by atoms with Gasteiger partial charge in [-0.3, -0.25) is 4.90 Å². The number of hydrogen-bond acceptors (Lipinski definition) is 8. The molecule has 146 valence electrons. The molecule has 3 heterocycles. The summed E-state index contributed by atoms with van der Waals surface area (Å²) in [6.07, 6.45) is 1.58. The molecule has 8 heteroatoms. The number of carbonyl (C=O) groups is 1. The molecule has 1 fully saturated rings. The Kier molecular flexibility index (Phi) is 6.05. The third-order valence-electron chi connectivity index (χ3n) is 4.78. The summed E-state index contributed by atoms with van der Waals surface area (Å²) >= 11 is 0. The third-order valence-corrected chi connectivity index (χ3v) is 4.78. The first-order chi connectivity index (χ1) is 13.0. The van der Waals surface area contributed by atoms with Gasteiger partial charge in [-0.1, -0.05) is 19.0 Å². The molecule has 0 aliphatic carbocycles. The number of piperazine rings is 1. The van der Waals surface area contributed by atoms with Gasteiger partial charge in [-0.2, -0.15) is 4.98 Å². The predicted octanol–water partition coefficient (Wildman–Crippen LogP) is 2.65. The summed E-state index contributed by atoms with van der Waals surface area (Å²) in [4.78, 5) is 25.2. The SMILES string of the molecule is CCOC(=O)c1ccc(N2CCN([C@H](C)c3nc(C(C)C)no3)CC2)nc1. The highest BCUT2D eigenvalue weighted by atomic mass is 16.5. The Morgan fingerprint density at radius 1 is 1.22 bits per heavy atom. The molecule has 0 bridgehead atoms. The fourth-order valence-electron chi connectivity index (χ4n) is 3.05. The monoisotopic (exact) mass is 373 g/mol. The number of carbonyl (C=O) groups excluding carboxylic acids is 1. The van der Waals surface area contributed by atoms with E-state index in [4.69, 9.17) is 9.26 Å². The summed E-state index contributed by atoms with van der Waals surface area (Å²) < 4.78 is 10.4. The molecule has 2 aromatic heterocycles. The molecule has 0 radical (unpaired) electrons. The predicted molar refractivity (Wildman–Crippen MR) is 101 cm³/mol. The van der Waals surface area contributed by atoms with E-state index in [0.29, 0.717) is 18.1 Å². The molecular formula is C19H27N5O3. The topological polar surface area (TPSA) is 84.6 Å². The van der Waals surface area contributed by atoms with Crippen LogP contribution in [0.5, 0.6) is 0 Å². The molecular weight excluding hydrogens is 346 g/mol. The van der Waals surface area contributed by atoms with Crippen LogP contribution in [-0.2, 0) is 4.74 Å². The number of pyridine rings is 1. The molecule has 1 aliphatic rings. The molecule has 0 saturated carbocycles. The summed E-state index contributed by atoms with van der Waals surface area (Å²) in [5.41, 5.74) is 0.477. The highest BCUT2D eigenvalue weighted by Crippen LogP contribution is 2.23. The van der Waals surface area contributed by atoms with Crippen LogP contribution in [0.1, 0.15) is 61.7 Å². The van der Waals surface area contributed by atoms with Crippen molar-refractivity contribution in [3.8, 4) is 0 Å². The van der Waals surface area contributed by atoms with Crippen molar-refractivity contribution in [3.05, 3.63) is 35.6 Å². The van der Waals surface area contributed by atoms with E-state index in [0.717, 1.165) is 37.8 Å². The summed E-state index contributed by atoms with van der Waals surface area (Å²) in [7, 11) is 0. The van der Waals surface area contributed by atoms with Crippen LogP contribution >= 0.6 is 0 Å². The maximum absolute atomic E-state index is 11.7. The van der Waals surface area contributed by atoms with Gasteiger partial charge in [0, 0.05) is 38.3 Å². The number of anilines is 1. The largest absolute Gasteiger partial charge is 0.462 e. The van der Waals surface area contributed by atoms with Crippen molar-refractivity contribution in [3.63, 3.8) is 0 Å². The number of esters is 1. The molecule has 8 nitrogen and oxygen atoms in total. The van der Waals surface area contributed by atoms with Crippen LogP contribution in [0, 0.1) is 0 Å². The molecule has 0 amide bonds. The van der Waals surface area contributed by atoms with E-state index in [1.54, 1.807) is 19.2 Å². The lowest BCUT2D eigenvalue weighted by atomic mass is 10.2. The lowest BCUT2D eigenvalue weighted by molar-refractivity contribution is 0.0526. The van der Waals surface area contributed by atoms with E-state index in [2.05, 4.69) is 45.7 Å². The van der Waals surface area contributed by atoms with Crippen molar-refractivity contribution in [2.24, 2.45) is 0 Å². The minimum absolute atomic E-state index is 0.0892. The van der Waals surface area contributed by atoms with Crippen LogP contribution in [-0.4, -0.2) is 58.8 Å². The average molecular weight is 373 g/mol. The van der Waals surface area contributed by atoms with E-state index in [1.807, 2.05) is 6.07 Å². The maximum Gasteiger partial charge on any atom is 0.339 e. The third kappa shape index (κ3) is 4.44. The van der Waals surface area contributed by atoms with Gasteiger partial charge in [0.2, 0.25) is 5.89 Å². The minimum Gasteiger partial charge on any atom is -0.462 e. The van der Waals surface area contributed by atoms with Gasteiger partial charge < -0.3 is 14.2 Å². The lowest BCUT2D eigenvalue weighted by Crippen LogP contribution is -2.47. The molecule has 27 heavy (non-hydrogen) atoms. The first-order valence-electron chi connectivity index (χ1n) is 9.45. The molecule has 0 unspecified atom stereocenters. The minimum atomic E-state index is -0.337. The first kappa shape index (κ1) is 19.3. The van der Waals surface area contributed by atoms with Gasteiger partial charge in [0.25, 0.3) is 0 Å². The van der Waals surface area contributed by atoms with Crippen molar-refractivity contribution in [2.45, 2.75) is 39.7 Å². The zero-order valence-corrected chi connectivity index (χ0v) is 16.4. The second-order valence-electron chi connectivity index (χ2n) is 6.97.